The number of hydrogen-bond donors (Lipinski definition) is 1. The summed E-state index contributed by atoms with van der Waals surface area (Å²) in [4.78, 5) is 15.1. The normalized spacial score (nSPS) is 12.2. The summed E-state index contributed by atoms with van der Waals surface area (Å²) in [6.45, 7) is 0.222. The smallest absolute Gasteiger partial charge is 0.335 e. The van der Waals surface area contributed by atoms with Crippen molar-refractivity contribution in [2.24, 2.45) is 0 Å². The number of carbonyl (C=O) groups is 1. The van der Waals surface area contributed by atoms with Gasteiger partial charge in [-0.1, -0.05) is 0 Å². The third-order valence-corrected chi connectivity index (χ3v) is 4.83. The molecule has 1 N–H and O–H groups in total. The minimum atomic E-state index is -3.30. The van der Waals surface area contributed by atoms with Crippen molar-refractivity contribution >= 4 is 27.0 Å². The second-order valence-corrected chi connectivity index (χ2v) is 6.85. The molecular formula is C12H15N3O4S. The predicted molar refractivity (Wildman–Crippen MR) is 74.2 cm³/mol. The number of fused-ring (bicyclic) bond motifs is 1. The summed E-state index contributed by atoms with van der Waals surface area (Å²) in [5, 5.41) is 8.97. The summed E-state index contributed by atoms with van der Waals surface area (Å²) in [5.74, 6) is -1.09. The molecule has 0 saturated heterocycles. The maximum atomic E-state index is 11.7. The minimum Gasteiger partial charge on any atom is -0.478 e. The Balaban J connectivity index is 2.31. The molecule has 2 aromatic rings. The molecule has 0 bridgehead atoms. The highest BCUT2D eigenvalue weighted by molar-refractivity contribution is 7.89. The van der Waals surface area contributed by atoms with Crippen LogP contribution in [0.1, 0.15) is 10.4 Å². The molecule has 0 aliphatic carbocycles. The Hall–Kier alpha value is -1.93. The number of aromatic nitrogens is 2. The van der Waals surface area contributed by atoms with Gasteiger partial charge in [-0.05, 0) is 18.2 Å². The molecule has 0 amide bonds. The van der Waals surface area contributed by atoms with Crippen molar-refractivity contribution < 1.29 is 18.3 Å². The zero-order valence-electron chi connectivity index (χ0n) is 11.1. The number of benzene rings is 1. The summed E-state index contributed by atoms with van der Waals surface area (Å²) in [6.07, 6.45) is 1.52. The van der Waals surface area contributed by atoms with E-state index < -0.39 is 16.0 Å². The molecule has 2 rings (SSSR count). The lowest BCUT2D eigenvalue weighted by Gasteiger charge is -2.11. The highest BCUT2D eigenvalue weighted by atomic mass is 32.2. The van der Waals surface area contributed by atoms with Crippen LogP contribution in [0, 0.1) is 0 Å². The Labute approximate surface area is 116 Å². The van der Waals surface area contributed by atoms with Gasteiger partial charge in [0.2, 0.25) is 10.0 Å². The molecular weight excluding hydrogens is 282 g/mol. The van der Waals surface area contributed by atoms with Gasteiger partial charge in [0.25, 0.3) is 0 Å². The molecule has 0 aliphatic heterocycles. The average molecular weight is 297 g/mol. The van der Waals surface area contributed by atoms with Gasteiger partial charge < -0.3 is 9.67 Å². The van der Waals surface area contributed by atoms with Crippen LogP contribution in [0.15, 0.2) is 24.5 Å². The van der Waals surface area contributed by atoms with E-state index in [-0.39, 0.29) is 17.9 Å². The van der Waals surface area contributed by atoms with Gasteiger partial charge in [-0.2, -0.15) is 0 Å². The number of imidazole rings is 1. The Morgan fingerprint density at radius 1 is 1.40 bits per heavy atom. The molecule has 8 heteroatoms. The van der Waals surface area contributed by atoms with E-state index in [4.69, 9.17) is 5.11 Å². The second-order valence-electron chi connectivity index (χ2n) is 4.55. The molecule has 0 fully saturated rings. The van der Waals surface area contributed by atoms with Gasteiger partial charge in [0, 0.05) is 20.6 Å². The zero-order chi connectivity index (χ0) is 14.9. The van der Waals surface area contributed by atoms with Crippen LogP contribution >= 0.6 is 0 Å². The molecule has 1 aromatic heterocycles. The zero-order valence-corrected chi connectivity index (χ0v) is 12.0. The van der Waals surface area contributed by atoms with Crippen molar-refractivity contribution in [2.75, 3.05) is 19.8 Å². The fourth-order valence-corrected chi connectivity index (χ4v) is 2.56. The molecule has 0 spiro atoms. The lowest BCUT2D eigenvalue weighted by Crippen LogP contribution is -2.27. The summed E-state index contributed by atoms with van der Waals surface area (Å²) >= 11 is 0. The number of carboxylic acids is 1. The number of sulfonamides is 1. The molecule has 0 aliphatic rings. The highest BCUT2D eigenvalue weighted by Crippen LogP contribution is 2.15. The van der Waals surface area contributed by atoms with Gasteiger partial charge in [0.15, 0.2) is 0 Å². The predicted octanol–water partition coefficient (Wildman–Crippen LogP) is 0.626. The summed E-state index contributed by atoms with van der Waals surface area (Å²) in [6, 6.07) is 4.57. The molecule has 1 aromatic carbocycles. The molecule has 0 saturated carbocycles. The minimum absolute atomic E-state index is 0.0667. The van der Waals surface area contributed by atoms with Crippen LogP contribution in [0.3, 0.4) is 0 Å². The van der Waals surface area contributed by atoms with Gasteiger partial charge in [0.1, 0.15) is 0 Å². The molecule has 0 unspecified atom stereocenters. The summed E-state index contributed by atoms with van der Waals surface area (Å²) < 4.78 is 26.3. The number of aromatic carboxylic acids is 1. The molecule has 0 atom stereocenters. The van der Waals surface area contributed by atoms with Gasteiger partial charge in [-0.25, -0.2) is 22.5 Å². The van der Waals surface area contributed by atoms with Crippen LogP contribution in [-0.4, -0.2) is 53.2 Å². The lowest BCUT2D eigenvalue weighted by molar-refractivity contribution is 0.0697. The number of carboxylic acid groups (broad SMARTS) is 1. The Morgan fingerprint density at radius 2 is 2.10 bits per heavy atom. The third-order valence-electron chi connectivity index (χ3n) is 3.01. The maximum Gasteiger partial charge on any atom is 0.335 e. The highest BCUT2D eigenvalue weighted by Gasteiger charge is 2.15. The van der Waals surface area contributed by atoms with Crippen LogP contribution in [0.5, 0.6) is 0 Å². The van der Waals surface area contributed by atoms with Crippen LogP contribution in [0.4, 0.5) is 0 Å². The Morgan fingerprint density at radius 3 is 2.70 bits per heavy atom. The van der Waals surface area contributed by atoms with Crippen LogP contribution in [-0.2, 0) is 16.6 Å². The first-order chi connectivity index (χ1) is 9.31. The van der Waals surface area contributed by atoms with Crippen LogP contribution in [0.25, 0.3) is 11.0 Å². The van der Waals surface area contributed by atoms with E-state index in [0.29, 0.717) is 11.0 Å². The fraction of sp³-hybridized carbons (Fsp3) is 0.333. The number of nitrogens with zero attached hydrogens (tertiary/aromatic N) is 3. The number of hydrogen-bond acceptors (Lipinski definition) is 4. The van der Waals surface area contributed by atoms with E-state index in [2.05, 4.69) is 4.98 Å². The van der Waals surface area contributed by atoms with Gasteiger partial charge >= 0.3 is 5.97 Å². The largest absolute Gasteiger partial charge is 0.478 e. The number of aryl methyl sites for hydroxylation is 1. The summed E-state index contributed by atoms with van der Waals surface area (Å²) in [5.41, 5.74) is 1.39. The second kappa shape index (κ2) is 5.22. The van der Waals surface area contributed by atoms with Crippen molar-refractivity contribution in [1.82, 2.24) is 13.9 Å². The Bertz CT molecular complexity index is 749. The number of rotatable bonds is 5. The summed E-state index contributed by atoms with van der Waals surface area (Å²) in [7, 11) is -0.349. The van der Waals surface area contributed by atoms with E-state index in [0.717, 1.165) is 4.31 Å². The lowest BCUT2D eigenvalue weighted by atomic mass is 10.2. The first kappa shape index (κ1) is 14.5. The fourth-order valence-electron chi connectivity index (χ4n) is 1.76. The Kier molecular flexibility index (Phi) is 3.78. The van der Waals surface area contributed by atoms with E-state index in [1.807, 2.05) is 0 Å². The van der Waals surface area contributed by atoms with Crippen LogP contribution < -0.4 is 0 Å². The average Bonchev–Trinajstić information content (AvgIpc) is 2.78. The maximum absolute atomic E-state index is 11.7. The molecule has 1 heterocycles. The SMILES string of the molecule is CN(C)S(=O)(=O)CCn1cnc2ccc(C(=O)O)cc21. The first-order valence-electron chi connectivity index (χ1n) is 5.89. The first-order valence-corrected chi connectivity index (χ1v) is 7.50. The van der Waals surface area contributed by atoms with E-state index >= 15 is 0 Å². The third kappa shape index (κ3) is 2.81. The van der Waals surface area contributed by atoms with Gasteiger partial charge in [-0.3, -0.25) is 0 Å². The topological polar surface area (TPSA) is 92.5 Å². The van der Waals surface area contributed by atoms with E-state index in [1.54, 1.807) is 10.6 Å². The van der Waals surface area contributed by atoms with Crippen molar-refractivity contribution in [3.05, 3.63) is 30.1 Å². The van der Waals surface area contributed by atoms with Gasteiger partial charge in [-0.15, -0.1) is 0 Å². The van der Waals surface area contributed by atoms with Crippen molar-refractivity contribution in [2.45, 2.75) is 6.54 Å². The van der Waals surface area contributed by atoms with Crippen LogP contribution in [0.2, 0.25) is 0 Å². The molecule has 20 heavy (non-hydrogen) atoms. The van der Waals surface area contributed by atoms with E-state index in [9.17, 15) is 13.2 Å². The molecule has 108 valence electrons. The van der Waals surface area contributed by atoms with Crippen molar-refractivity contribution in [3.8, 4) is 0 Å². The van der Waals surface area contributed by atoms with Gasteiger partial charge in [0.05, 0.1) is 28.7 Å². The monoisotopic (exact) mass is 297 g/mol. The van der Waals surface area contributed by atoms with Crippen molar-refractivity contribution in [1.29, 1.82) is 0 Å². The quantitative estimate of drug-likeness (QED) is 0.873. The molecule has 7 nitrogen and oxygen atoms in total. The van der Waals surface area contributed by atoms with Crippen molar-refractivity contribution in [3.63, 3.8) is 0 Å². The van der Waals surface area contributed by atoms with E-state index in [1.165, 1.54) is 32.6 Å². The molecule has 0 radical (unpaired) electrons. The standard InChI is InChI=1S/C12H15N3O4S/c1-14(2)20(18,19)6-5-15-8-13-10-4-3-9(12(16)17)7-11(10)15/h3-4,7-8H,5-6H2,1-2H3,(H,16,17).